The molecule has 0 saturated heterocycles. The third kappa shape index (κ3) is 7.79. The van der Waals surface area contributed by atoms with Crippen molar-refractivity contribution in [2.45, 2.75) is 17.1 Å². The van der Waals surface area contributed by atoms with Crippen LogP contribution >= 0.6 is 34.7 Å². The molecule has 3 N–H and O–H groups in total. The number of amides is 3. The summed E-state index contributed by atoms with van der Waals surface area (Å²) in [4.78, 5) is 43.3. The molecule has 0 spiro atoms. The minimum Gasteiger partial charge on any atom is -0.321 e. The molecule has 0 bridgehead atoms. The zero-order valence-corrected chi connectivity index (χ0v) is 22.6. The molecule has 7 nitrogen and oxygen atoms in total. The largest absolute Gasteiger partial charge is 0.321 e. The molecule has 0 aliphatic rings. The van der Waals surface area contributed by atoms with Gasteiger partial charge in [0.05, 0.1) is 5.25 Å². The van der Waals surface area contributed by atoms with Crippen LogP contribution in [0.5, 0.6) is 0 Å². The maximum atomic E-state index is 13.2. The highest BCUT2D eigenvalue weighted by molar-refractivity contribution is 8.00. The monoisotopic (exact) mass is 562 g/mol. The van der Waals surface area contributed by atoms with Gasteiger partial charge in [-0.2, -0.15) is 0 Å². The average molecular weight is 563 g/mol. The van der Waals surface area contributed by atoms with Gasteiger partial charge in [-0.3, -0.25) is 14.4 Å². The maximum absolute atomic E-state index is 13.2. The van der Waals surface area contributed by atoms with Crippen LogP contribution < -0.4 is 16.0 Å². The van der Waals surface area contributed by atoms with Crippen molar-refractivity contribution >= 4 is 69.3 Å². The molecule has 0 radical (unpaired) electrons. The van der Waals surface area contributed by atoms with E-state index in [1.165, 1.54) is 23.1 Å². The number of anilines is 2. The summed E-state index contributed by atoms with van der Waals surface area (Å²) in [6.45, 7) is 1.81. The quantitative estimate of drug-likeness (QED) is 0.164. The van der Waals surface area contributed by atoms with Gasteiger partial charge in [0.15, 0.2) is 5.13 Å². The summed E-state index contributed by atoms with van der Waals surface area (Å²) in [5.74, 6) is -1.04. The van der Waals surface area contributed by atoms with Gasteiger partial charge in [-0.05, 0) is 67.1 Å². The van der Waals surface area contributed by atoms with Crippen molar-refractivity contribution in [1.82, 2.24) is 10.3 Å². The van der Waals surface area contributed by atoms with E-state index in [1.807, 2.05) is 25.1 Å². The lowest BCUT2D eigenvalue weighted by Gasteiger charge is -2.13. The van der Waals surface area contributed by atoms with Crippen molar-refractivity contribution in [3.8, 4) is 0 Å². The Labute approximate surface area is 233 Å². The smallest absolute Gasteiger partial charge is 0.272 e. The zero-order chi connectivity index (χ0) is 26.9. The first kappa shape index (κ1) is 27.1. The van der Waals surface area contributed by atoms with Crippen LogP contribution in [0.15, 0.2) is 101 Å². The SMILES string of the molecule is CC(Sc1ccc(NC(=O)/C(=C/c2ccc(Cl)cc2)NC(=O)c2ccccc2)cc1)C(=O)Nc1nccs1. The van der Waals surface area contributed by atoms with Crippen molar-refractivity contribution in [1.29, 1.82) is 0 Å². The molecule has 1 heterocycles. The Morgan fingerprint density at radius 1 is 0.947 bits per heavy atom. The normalized spacial score (nSPS) is 11.9. The molecular formula is C28H23ClN4O3S2. The van der Waals surface area contributed by atoms with Crippen LogP contribution in [-0.2, 0) is 9.59 Å². The van der Waals surface area contributed by atoms with Crippen LogP contribution in [0, 0.1) is 0 Å². The number of carbonyl (C=O) groups excluding carboxylic acids is 3. The Morgan fingerprint density at radius 3 is 2.32 bits per heavy atom. The summed E-state index contributed by atoms with van der Waals surface area (Å²) in [6, 6.07) is 22.7. The van der Waals surface area contributed by atoms with E-state index < -0.39 is 11.8 Å². The van der Waals surface area contributed by atoms with E-state index in [4.69, 9.17) is 11.6 Å². The van der Waals surface area contributed by atoms with Gasteiger partial charge in [0.1, 0.15) is 5.70 Å². The fourth-order valence-corrected chi connectivity index (χ4v) is 4.76. The Bertz CT molecular complexity index is 1430. The molecular weight excluding hydrogens is 540 g/mol. The van der Waals surface area contributed by atoms with E-state index in [0.717, 1.165) is 4.90 Å². The van der Waals surface area contributed by atoms with E-state index in [9.17, 15) is 14.4 Å². The second kappa shape index (κ2) is 13.0. The summed E-state index contributed by atoms with van der Waals surface area (Å²) >= 11 is 8.73. The summed E-state index contributed by atoms with van der Waals surface area (Å²) < 4.78 is 0. The van der Waals surface area contributed by atoms with Gasteiger partial charge in [-0.25, -0.2) is 4.98 Å². The van der Waals surface area contributed by atoms with Crippen LogP contribution in [0.4, 0.5) is 10.8 Å². The predicted octanol–water partition coefficient (Wildman–Crippen LogP) is 6.33. The predicted molar refractivity (Wildman–Crippen MR) is 154 cm³/mol. The molecule has 1 unspecified atom stereocenters. The highest BCUT2D eigenvalue weighted by Gasteiger charge is 2.17. The standard InChI is InChI=1S/C28H23ClN4O3S2/c1-18(25(34)33-28-30-15-16-37-28)38-23-13-11-22(12-14-23)31-27(36)24(17-19-7-9-21(29)10-8-19)32-26(35)20-5-3-2-4-6-20/h2-18H,1H3,(H,31,36)(H,32,35)(H,30,33,34)/b24-17-. The number of carbonyl (C=O) groups is 3. The minimum absolute atomic E-state index is 0.0760. The second-order valence-corrected chi connectivity index (χ2v) is 10.7. The molecule has 0 saturated carbocycles. The van der Waals surface area contributed by atoms with E-state index in [-0.39, 0.29) is 16.9 Å². The highest BCUT2D eigenvalue weighted by atomic mass is 35.5. The number of halogens is 1. The first-order chi connectivity index (χ1) is 18.4. The zero-order valence-electron chi connectivity index (χ0n) is 20.2. The minimum atomic E-state index is -0.485. The fraction of sp³-hybridized carbons (Fsp3) is 0.0714. The molecule has 4 rings (SSSR count). The van der Waals surface area contributed by atoms with Crippen molar-refractivity contribution in [2.75, 3.05) is 10.6 Å². The Kier molecular flexibility index (Phi) is 9.31. The molecule has 10 heteroatoms. The van der Waals surface area contributed by atoms with Crippen molar-refractivity contribution in [2.24, 2.45) is 0 Å². The molecule has 0 fully saturated rings. The van der Waals surface area contributed by atoms with Crippen LogP contribution in [0.1, 0.15) is 22.8 Å². The number of benzene rings is 3. The number of thiazole rings is 1. The van der Waals surface area contributed by atoms with Gasteiger partial charge in [-0.1, -0.05) is 41.9 Å². The number of rotatable bonds is 9. The average Bonchev–Trinajstić information content (AvgIpc) is 3.44. The van der Waals surface area contributed by atoms with Crippen molar-refractivity contribution < 1.29 is 14.4 Å². The fourth-order valence-electron chi connectivity index (χ4n) is 3.23. The molecule has 192 valence electrons. The molecule has 0 aliphatic heterocycles. The Hall–Kier alpha value is -3.92. The summed E-state index contributed by atoms with van der Waals surface area (Å²) in [5.41, 5.74) is 1.74. The summed E-state index contributed by atoms with van der Waals surface area (Å²) in [5, 5.41) is 10.9. The number of hydrogen-bond acceptors (Lipinski definition) is 6. The van der Waals surface area contributed by atoms with E-state index in [2.05, 4.69) is 20.9 Å². The molecule has 3 amide bonds. The van der Waals surface area contributed by atoms with Gasteiger partial charge < -0.3 is 16.0 Å². The molecule has 1 aromatic heterocycles. The van der Waals surface area contributed by atoms with Crippen LogP contribution in [-0.4, -0.2) is 28.0 Å². The topological polar surface area (TPSA) is 100 Å². The Morgan fingerprint density at radius 2 is 1.66 bits per heavy atom. The maximum Gasteiger partial charge on any atom is 0.272 e. The Balaban J connectivity index is 1.44. The summed E-state index contributed by atoms with van der Waals surface area (Å²) in [7, 11) is 0. The lowest BCUT2D eigenvalue weighted by atomic mass is 10.1. The van der Waals surface area contributed by atoms with Crippen LogP contribution in [0.25, 0.3) is 6.08 Å². The molecule has 3 aromatic carbocycles. The number of thioether (sulfide) groups is 1. The van der Waals surface area contributed by atoms with Gasteiger partial charge in [0, 0.05) is 32.7 Å². The van der Waals surface area contributed by atoms with Crippen molar-refractivity contribution in [3.63, 3.8) is 0 Å². The van der Waals surface area contributed by atoms with Gasteiger partial charge >= 0.3 is 0 Å². The first-order valence-electron chi connectivity index (χ1n) is 11.5. The molecule has 0 aliphatic carbocycles. The van der Waals surface area contributed by atoms with Crippen LogP contribution in [0.3, 0.4) is 0 Å². The van der Waals surface area contributed by atoms with E-state index in [1.54, 1.807) is 78.3 Å². The number of aromatic nitrogens is 1. The first-order valence-corrected chi connectivity index (χ1v) is 13.6. The van der Waals surface area contributed by atoms with E-state index >= 15 is 0 Å². The van der Waals surface area contributed by atoms with Crippen LogP contribution in [0.2, 0.25) is 5.02 Å². The molecule has 38 heavy (non-hydrogen) atoms. The van der Waals surface area contributed by atoms with Crippen molar-refractivity contribution in [3.05, 3.63) is 112 Å². The third-order valence-electron chi connectivity index (χ3n) is 5.17. The van der Waals surface area contributed by atoms with Gasteiger partial charge in [0.2, 0.25) is 5.91 Å². The molecule has 1 atom stereocenters. The summed E-state index contributed by atoms with van der Waals surface area (Å²) in [6.07, 6.45) is 3.22. The van der Waals surface area contributed by atoms with Gasteiger partial charge in [-0.15, -0.1) is 23.1 Å². The second-order valence-electron chi connectivity index (χ2n) is 7.99. The lowest BCUT2D eigenvalue weighted by Crippen LogP contribution is -2.30. The number of nitrogens with one attached hydrogen (secondary N) is 3. The lowest BCUT2D eigenvalue weighted by molar-refractivity contribution is -0.115. The third-order valence-corrected chi connectivity index (χ3v) is 7.22. The molecule has 4 aromatic rings. The number of hydrogen-bond donors (Lipinski definition) is 3. The highest BCUT2D eigenvalue weighted by Crippen LogP contribution is 2.26. The number of nitrogens with zero attached hydrogens (tertiary/aromatic N) is 1. The van der Waals surface area contributed by atoms with E-state index in [0.29, 0.717) is 27.0 Å². The van der Waals surface area contributed by atoms with Gasteiger partial charge in [0.25, 0.3) is 11.8 Å².